The average Bonchev–Trinajstić information content (AvgIpc) is 2.46. The van der Waals surface area contributed by atoms with Gasteiger partial charge in [0.15, 0.2) is 0 Å². The van der Waals surface area contributed by atoms with Crippen LogP contribution in [0.15, 0.2) is 39.3 Å². The summed E-state index contributed by atoms with van der Waals surface area (Å²) < 4.78 is 12.1. The van der Waals surface area contributed by atoms with Crippen molar-refractivity contribution < 1.29 is 14.6 Å². The van der Waals surface area contributed by atoms with E-state index in [1.165, 1.54) is 0 Å². The Hall–Kier alpha value is -0.750. The van der Waals surface area contributed by atoms with Gasteiger partial charge in [0.05, 0.1) is 18.7 Å². The minimum atomic E-state index is -0.867. The topological polar surface area (TPSA) is 38.7 Å². The Balaban J connectivity index is 2.53. The fourth-order valence-corrected chi connectivity index (χ4v) is 3.37. The molecule has 0 fully saturated rings. The summed E-state index contributed by atoms with van der Waals surface area (Å²) in [6, 6.07) is 8.75. The molecule has 6 heteroatoms. The largest absolute Gasteiger partial charge is 0.496 e. The Kier molecular flexibility index (Phi) is 5.54. The fraction of sp³-hybridized carbons (Fsp3) is 0.200. The summed E-state index contributed by atoms with van der Waals surface area (Å²) in [6.45, 7) is 0. The number of methoxy groups -OCH3 is 2. The Bertz CT molecular complexity index is 662. The van der Waals surface area contributed by atoms with Crippen LogP contribution in [0.2, 0.25) is 5.02 Å². The molecule has 0 amide bonds. The third-order valence-electron chi connectivity index (χ3n) is 3.06. The lowest BCUT2D eigenvalue weighted by atomic mass is 10.0. The normalized spacial score (nSPS) is 12.1. The lowest BCUT2D eigenvalue weighted by Gasteiger charge is -2.18. The van der Waals surface area contributed by atoms with E-state index in [1.807, 2.05) is 0 Å². The quantitative estimate of drug-likeness (QED) is 0.736. The molecule has 0 spiro atoms. The second-order valence-electron chi connectivity index (χ2n) is 4.30. The van der Waals surface area contributed by atoms with Gasteiger partial charge >= 0.3 is 0 Å². The van der Waals surface area contributed by atoms with E-state index in [9.17, 15) is 5.11 Å². The van der Waals surface area contributed by atoms with Crippen LogP contribution in [0.25, 0.3) is 0 Å². The maximum absolute atomic E-state index is 10.7. The summed E-state index contributed by atoms with van der Waals surface area (Å²) in [5.41, 5.74) is 1.31. The lowest BCUT2D eigenvalue weighted by molar-refractivity contribution is 0.213. The highest BCUT2D eigenvalue weighted by Gasteiger charge is 2.20. The lowest BCUT2D eigenvalue weighted by Crippen LogP contribution is -2.04. The predicted molar refractivity (Wildman–Crippen MR) is 90.5 cm³/mol. The molecule has 21 heavy (non-hydrogen) atoms. The van der Waals surface area contributed by atoms with Gasteiger partial charge in [-0.1, -0.05) is 33.6 Å². The molecule has 0 radical (unpaired) electrons. The molecule has 2 aromatic rings. The molecule has 0 heterocycles. The van der Waals surface area contributed by atoms with Crippen molar-refractivity contribution in [3.63, 3.8) is 0 Å². The second kappa shape index (κ2) is 7.01. The molecule has 0 saturated carbocycles. The zero-order chi connectivity index (χ0) is 15.6. The monoisotopic (exact) mass is 434 g/mol. The molecule has 1 atom stereocenters. The smallest absolute Gasteiger partial charge is 0.133 e. The van der Waals surface area contributed by atoms with Gasteiger partial charge in [-0.15, -0.1) is 0 Å². The number of hydrogen-bond donors (Lipinski definition) is 1. The van der Waals surface area contributed by atoms with Gasteiger partial charge in [0.25, 0.3) is 0 Å². The molecule has 3 nitrogen and oxygen atoms in total. The highest BCUT2D eigenvalue weighted by Crippen LogP contribution is 2.39. The molecule has 0 aliphatic carbocycles. The summed E-state index contributed by atoms with van der Waals surface area (Å²) in [5.74, 6) is 1.19. The predicted octanol–water partition coefficient (Wildman–Crippen LogP) is 4.96. The SMILES string of the molecule is COc1cc(C(O)c2ccc(Cl)cc2Br)c(OC)cc1Br. The number of rotatable bonds is 4. The number of ether oxygens (including phenoxy) is 2. The molecule has 0 aromatic heterocycles. The van der Waals surface area contributed by atoms with Crippen LogP contribution in [0, 0.1) is 0 Å². The van der Waals surface area contributed by atoms with Crippen molar-refractivity contribution in [2.45, 2.75) is 6.10 Å². The van der Waals surface area contributed by atoms with Gasteiger partial charge in [0.2, 0.25) is 0 Å². The molecule has 1 N–H and O–H groups in total. The molecule has 2 rings (SSSR count). The van der Waals surface area contributed by atoms with Crippen LogP contribution in [0.3, 0.4) is 0 Å². The van der Waals surface area contributed by atoms with Crippen LogP contribution >= 0.6 is 43.5 Å². The minimum Gasteiger partial charge on any atom is -0.496 e. The number of benzene rings is 2. The van der Waals surface area contributed by atoms with Gasteiger partial charge in [-0.2, -0.15) is 0 Å². The maximum atomic E-state index is 10.7. The first-order valence-electron chi connectivity index (χ1n) is 6.02. The van der Waals surface area contributed by atoms with E-state index in [0.717, 1.165) is 8.95 Å². The second-order valence-corrected chi connectivity index (χ2v) is 6.44. The minimum absolute atomic E-state index is 0.567. The van der Waals surface area contributed by atoms with Crippen molar-refractivity contribution in [1.82, 2.24) is 0 Å². The molecule has 0 bridgehead atoms. The van der Waals surface area contributed by atoms with Crippen molar-refractivity contribution >= 4 is 43.5 Å². The zero-order valence-electron chi connectivity index (χ0n) is 11.4. The van der Waals surface area contributed by atoms with Crippen molar-refractivity contribution in [1.29, 1.82) is 0 Å². The van der Waals surface area contributed by atoms with E-state index in [0.29, 0.717) is 27.6 Å². The van der Waals surface area contributed by atoms with E-state index in [2.05, 4.69) is 31.9 Å². The Morgan fingerprint density at radius 1 is 0.952 bits per heavy atom. The highest BCUT2D eigenvalue weighted by molar-refractivity contribution is 9.10. The van der Waals surface area contributed by atoms with Crippen molar-refractivity contribution in [2.24, 2.45) is 0 Å². The van der Waals surface area contributed by atoms with E-state index >= 15 is 0 Å². The van der Waals surface area contributed by atoms with E-state index in [1.54, 1.807) is 44.6 Å². The number of aliphatic hydroxyl groups is 1. The van der Waals surface area contributed by atoms with E-state index in [-0.39, 0.29) is 0 Å². The molecule has 1 unspecified atom stereocenters. The molecular weight excluding hydrogens is 423 g/mol. The van der Waals surface area contributed by atoms with Crippen LogP contribution in [0.5, 0.6) is 11.5 Å². The summed E-state index contributed by atoms with van der Waals surface area (Å²) >= 11 is 12.7. The Labute approximate surface area is 145 Å². The summed E-state index contributed by atoms with van der Waals surface area (Å²) in [7, 11) is 3.13. The van der Waals surface area contributed by atoms with Gasteiger partial charge in [0.1, 0.15) is 17.6 Å². The van der Waals surface area contributed by atoms with Crippen LogP contribution in [-0.4, -0.2) is 19.3 Å². The third kappa shape index (κ3) is 3.54. The first kappa shape index (κ1) is 16.6. The summed E-state index contributed by atoms with van der Waals surface area (Å²) in [6.07, 6.45) is -0.867. The van der Waals surface area contributed by atoms with Crippen molar-refractivity contribution in [2.75, 3.05) is 14.2 Å². The van der Waals surface area contributed by atoms with E-state index in [4.69, 9.17) is 21.1 Å². The van der Waals surface area contributed by atoms with Crippen LogP contribution < -0.4 is 9.47 Å². The summed E-state index contributed by atoms with van der Waals surface area (Å²) in [5, 5.41) is 11.3. The van der Waals surface area contributed by atoms with E-state index < -0.39 is 6.10 Å². The van der Waals surface area contributed by atoms with Gasteiger partial charge in [-0.05, 0) is 45.8 Å². The highest BCUT2D eigenvalue weighted by atomic mass is 79.9. The third-order valence-corrected chi connectivity index (χ3v) is 4.60. The van der Waals surface area contributed by atoms with Crippen LogP contribution in [-0.2, 0) is 0 Å². The van der Waals surface area contributed by atoms with Crippen LogP contribution in [0.4, 0.5) is 0 Å². The zero-order valence-corrected chi connectivity index (χ0v) is 15.3. The van der Waals surface area contributed by atoms with Crippen LogP contribution in [0.1, 0.15) is 17.2 Å². The first-order chi connectivity index (χ1) is 9.97. The molecular formula is C15H13Br2ClO3. The van der Waals surface area contributed by atoms with Gasteiger partial charge in [0, 0.05) is 15.1 Å². The fourth-order valence-electron chi connectivity index (χ4n) is 1.99. The first-order valence-corrected chi connectivity index (χ1v) is 7.98. The number of aliphatic hydroxyl groups excluding tert-OH is 1. The standard InChI is InChI=1S/C15H13Br2ClO3/c1-20-13-7-12(17)14(21-2)6-10(13)15(19)9-4-3-8(18)5-11(9)16/h3-7,15,19H,1-2H3. The molecule has 112 valence electrons. The average molecular weight is 437 g/mol. The Morgan fingerprint density at radius 3 is 2.19 bits per heavy atom. The van der Waals surface area contributed by atoms with Gasteiger partial charge in [-0.25, -0.2) is 0 Å². The maximum Gasteiger partial charge on any atom is 0.133 e. The number of halogens is 3. The molecule has 0 aliphatic heterocycles. The van der Waals surface area contributed by atoms with Gasteiger partial charge < -0.3 is 14.6 Å². The number of hydrogen-bond acceptors (Lipinski definition) is 3. The molecule has 0 aliphatic rings. The van der Waals surface area contributed by atoms with Gasteiger partial charge in [-0.3, -0.25) is 0 Å². The summed E-state index contributed by atoms with van der Waals surface area (Å²) in [4.78, 5) is 0. The van der Waals surface area contributed by atoms with Crippen molar-refractivity contribution in [3.05, 3.63) is 55.4 Å². The van der Waals surface area contributed by atoms with Crippen molar-refractivity contribution in [3.8, 4) is 11.5 Å². The molecule has 0 saturated heterocycles. The molecule has 2 aromatic carbocycles. The Morgan fingerprint density at radius 2 is 1.62 bits per heavy atom.